The molecule has 0 saturated carbocycles. The van der Waals surface area contributed by atoms with E-state index in [2.05, 4.69) is 25.7 Å². The molecule has 0 unspecified atom stereocenters. The quantitative estimate of drug-likeness (QED) is 0.874. The Labute approximate surface area is 113 Å². The highest BCUT2D eigenvalue weighted by molar-refractivity contribution is 9.10. The smallest absolute Gasteiger partial charge is 0.409 e. The van der Waals surface area contributed by atoms with Gasteiger partial charge in [-0.2, -0.15) is 0 Å². The number of nitrogens with zero attached hydrogens (tertiary/aromatic N) is 3. The summed E-state index contributed by atoms with van der Waals surface area (Å²) >= 11 is 3.43. The summed E-state index contributed by atoms with van der Waals surface area (Å²) in [6.07, 6.45) is 2.29. The highest BCUT2D eigenvalue weighted by Gasteiger charge is 2.12. The molecule has 18 heavy (non-hydrogen) atoms. The third-order valence-corrected chi connectivity index (χ3v) is 3.32. The molecule has 0 saturated heterocycles. The van der Waals surface area contributed by atoms with Gasteiger partial charge >= 0.3 is 6.09 Å². The largest absolute Gasteiger partial charge is 0.453 e. The summed E-state index contributed by atoms with van der Waals surface area (Å²) in [5.74, 6) is 0.910. The molecular weight excluding hydrogens is 298 g/mol. The molecule has 1 amide bonds. The first-order valence-electron chi connectivity index (χ1n) is 5.54. The topological polar surface area (TPSA) is 46.8 Å². The number of amides is 1. The van der Waals surface area contributed by atoms with Gasteiger partial charge < -0.3 is 14.0 Å². The van der Waals surface area contributed by atoms with E-state index in [1.807, 2.05) is 28.8 Å². The first-order valence-corrected chi connectivity index (χ1v) is 6.33. The van der Waals surface area contributed by atoms with Crippen LogP contribution in [0, 0.1) is 0 Å². The van der Waals surface area contributed by atoms with Gasteiger partial charge in [0.05, 0.1) is 12.6 Å². The number of imidazole rings is 1. The Bertz CT molecular complexity index is 567. The fourth-order valence-corrected chi connectivity index (χ4v) is 2.28. The van der Waals surface area contributed by atoms with Crippen LogP contribution >= 0.6 is 15.9 Å². The molecule has 0 spiro atoms. The number of hydrogen-bond donors (Lipinski definition) is 0. The van der Waals surface area contributed by atoms with Crippen molar-refractivity contribution in [3.05, 3.63) is 34.8 Å². The van der Waals surface area contributed by atoms with Crippen molar-refractivity contribution in [2.75, 3.05) is 20.7 Å². The first-order chi connectivity index (χ1) is 8.63. The van der Waals surface area contributed by atoms with E-state index in [-0.39, 0.29) is 6.09 Å². The number of rotatable bonds is 3. The summed E-state index contributed by atoms with van der Waals surface area (Å²) in [5, 5.41) is 0. The molecule has 0 aliphatic carbocycles. The maximum Gasteiger partial charge on any atom is 0.409 e. The van der Waals surface area contributed by atoms with Crippen LogP contribution in [0.1, 0.15) is 5.82 Å². The Morgan fingerprint density at radius 1 is 1.56 bits per heavy atom. The van der Waals surface area contributed by atoms with Gasteiger partial charge in [-0.1, -0.05) is 6.07 Å². The highest BCUT2D eigenvalue weighted by Crippen LogP contribution is 2.18. The molecule has 0 aromatic carbocycles. The molecule has 0 fully saturated rings. The van der Waals surface area contributed by atoms with Crippen LogP contribution in [0.5, 0.6) is 0 Å². The Hall–Kier alpha value is -1.56. The normalized spacial score (nSPS) is 10.6. The molecule has 0 radical (unpaired) electrons. The Morgan fingerprint density at radius 2 is 2.33 bits per heavy atom. The van der Waals surface area contributed by atoms with Gasteiger partial charge in [0.15, 0.2) is 0 Å². The number of hydrogen-bond acceptors (Lipinski definition) is 3. The molecule has 96 valence electrons. The Balaban J connectivity index is 2.15. The summed E-state index contributed by atoms with van der Waals surface area (Å²) in [5.41, 5.74) is 1.02. The van der Waals surface area contributed by atoms with E-state index in [0.717, 1.165) is 15.9 Å². The lowest BCUT2D eigenvalue weighted by Gasteiger charge is -2.14. The molecule has 0 bridgehead atoms. The second-order valence-electron chi connectivity index (χ2n) is 3.92. The fourth-order valence-electron chi connectivity index (χ4n) is 1.75. The zero-order valence-electron chi connectivity index (χ0n) is 10.3. The number of likely N-dealkylation sites (N-methyl/N-ethyl adjacent to an activating group) is 1. The van der Waals surface area contributed by atoms with Gasteiger partial charge in [-0.15, -0.1) is 0 Å². The fraction of sp³-hybridized carbons (Fsp3) is 0.333. The van der Waals surface area contributed by atoms with Crippen LogP contribution in [0.25, 0.3) is 5.52 Å². The second kappa shape index (κ2) is 5.39. The van der Waals surface area contributed by atoms with Crippen molar-refractivity contribution in [3.8, 4) is 0 Å². The third kappa shape index (κ3) is 2.48. The predicted molar refractivity (Wildman–Crippen MR) is 71.6 cm³/mol. The van der Waals surface area contributed by atoms with Crippen molar-refractivity contribution in [1.82, 2.24) is 14.3 Å². The van der Waals surface area contributed by atoms with Gasteiger partial charge in [-0.25, -0.2) is 9.78 Å². The number of pyridine rings is 1. The van der Waals surface area contributed by atoms with Crippen LogP contribution in [0.15, 0.2) is 29.0 Å². The van der Waals surface area contributed by atoms with E-state index < -0.39 is 0 Å². The average Bonchev–Trinajstić information content (AvgIpc) is 2.72. The standard InChI is InChI=1S/C12H14BrN3O2/c1-15(12(17)18-2)8-6-10-14-11(13)9-5-3-4-7-16(9)10/h3-5,7H,6,8H2,1-2H3. The molecule has 0 aliphatic heterocycles. The summed E-state index contributed by atoms with van der Waals surface area (Å²) in [7, 11) is 3.08. The van der Waals surface area contributed by atoms with E-state index in [0.29, 0.717) is 13.0 Å². The zero-order chi connectivity index (χ0) is 13.1. The number of halogens is 1. The highest BCUT2D eigenvalue weighted by atomic mass is 79.9. The number of methoxy groups -OCH3 is 1. The van der Waals surface area contributed by atoms with Crippen LogP contribution in [0.3, 0.4) is 0 Å². The van der Waals surface area contributed by atoms with Crippen LogP contribution < -0.4 is 0 Å². The summed E-state index contributed by atoms with van der Waals surface area (Å²) in [6.45, 7) is 0.563. The van der Waals surface area contributed by atoms with E-state index in [1.165, 1.54) is 12.0 Å². The number of ether oxygens (including phenoxy) is 1. The van der Waals surface area contributed by atoms with Crippen molar-refractivity contribution in [2.45, 2.75) is 6.42 Å². The molecule has 2 aromatic heterocycles. The minimum Gasteiger partial charge on any atom is -0.453 e. The third-order valence-electron chi connectivity index (χ3n) is 2.73. The molecule has 2 rings (SSSR count). The molecule has 6 heteroatoms. The lowest BCUT2D eigenvalue weighted by atomic mass is 10.3. The molecule has 0 aliphatic rings. The number of aromatic nitrogens is 2. The number of fused-ring (bicyclic) bond motifs is 1. The van der Waals surface area contributed by atoms with Crippen molar-refractivity contribution in [2.24, 2.45) is 0 Å². The van der Waals surface area contributed by atoms with Crippen molar-refractivity contribution < 1.29 is 9.53 Å². The maximum atomic E-state index is 11.3. The average molecular weight is 312 g/mol. The van der Waals surface area contributed by atoms with Crippen LogP contribution in [0.4, 0.5) is 4.79 Å². The first kappa shape index (κ1) is 12.9. The number of carbonyl (C=O) groups is 1. The van der Waals surface area contributed by atoms with Gasteiger partial charge in [-0.05, 0) is 28.1 Å². The van der Waals surface area contributed by atoms with Crippen LogP contribution in [-0.2, 0) is 11.2 Å². The van der Waals surface area contributed by atoms with E-state index in [9.17, 15) is 4.79 Å². The Kier molecular flexibility index (Phi) is 3.86. The molecular formula is C12H14BrN3O2. The maximum absolute atomic E-state index is 11.3. The van der Waals surface area contributed by atoms with Gasteiger partial charge in [-0.3, -0.25) is 0 Å². The minimum atomic E-state index is -0.338. The molecule has 5 nitrogen and oxygen atoms in total. The van der Waals surface area contributed by atoms with E-state index in [4.69, 9.17) is 0 Å². The molecule has 2 heterocycles. The number of carbonyl (C=O) groups excluding carboxylic acids is 1. The summed E-state index contributed by atoms with van der Waals surface area (Å²) in [4.78, 5) is 17.2. The SMILES string of the molecule is COC(=O)N(C)CCc1nc(Br)c2ccccn12. The monoisotopic (exact) mass is 311 g/mol. The molecule has 0 N–H and O–H groups in total. The van der Waals surface area contributed by atoms with E-state index in [1.54, 1.807) is 7.05 Å². The van der Waals surface area contributed by atoms with Gasteiger partial charge in [0.1, 0.15) is 10.4 Å². The van der Waals surface area contributed by atoms with Crippen molar-refractivity contribution in [1.29, 1.82) is 0 Å². The van der Waals surface area contributed by atoms with Crippen LogP contribution in [0.2, 0.25) is 0 Å². The van der Waals surface area contributed by atoms with Gasteiger partial charge in [0, 0.05) is 26.2 Å². The molecule has 2 aromatic rings. The van der Waals surface area contributed by atoms with Crippen molar-refractivity contribution in [3.63, 3.8) is 0 Å². The molecule has 0 atom stereocenters. The Morgan fingerprint density at radius 3 is 3.06 bits per heavy atom. The lowest BCUT2D eigenvalue weighted by Crippen LogP contribution is -2.28. The second-order valence-corrected chi connectivity index (χ2v) is 4.67. The van der Waals surface area contributed by atoms with Gasteiger partial charge in [0.25, 0.3) is 0 Å². The van der Waals surface area contributed by atoms with Crippen molar-refractivity contribution >= 4 is 27.5 Å². The summed E-state index contributed by atoms with van der Waals surface area (Å²) < 4.78 is 7.47. The van der Waals surface area contributed by atoms with Crippen LogP contribution in [-0.4, -0.2) is 41.1 Å². The van der Waals surface area contributed by atoms with E-state index >= 15 is 0 Å². The summed E-state index contributed by atoms with van der Waals surface area (Å²) in [6, 6.07) is 5.91. The van der Waals surface area contributed by atoms with Gasteiger partial charge in [0.2, 0.25) is 0 Å². The predicted octanol–water partition coefficient (Wildman–Crippen LogP) is 2.34. The minimum absolute atomic E-state index is 0.338. The lowest BCUT2D eigenvalue weighted by molar-refractivity contribution is 0.133. The zero-order valence-corrected chi connectivity index (χ0v) is 11.8.